The molecule has 0 radical (unpaired) electrons. The van der Waals surface area contributed by atoms with Crippen molar-refractivity contribution < 1.29 is 17.9 Å². The smallest absolute Gasteiger partial charge is 0.245 e. The van der Waals surface area contributed by atoms with Gasteiger partial charge in [-0.05, 0) is 54.4 Å². The lowest BCUT2D eigenvalue weighted by Crippen LogP contribution is -2.37. The van der Waals surface area contributed by atoms with Crippen LogP contribution < -0.4 is 14.4 Å². The van der Waals surface area contributed by atoms with Gasteiger partial charge >= 0.3 is 0 Å². The molecule has 33 heavy (non-hydrogen) atoms. The minimum Gasteiger partial charge on any atom is -0.495 e. The van der Waals surface area contributed by atoms with E-state index in [1.54, 1.807) is 23.9 Å². The SMILES string of the molecule is COc1ccc(N(CC(=O)Nc2ccc(CSc3ccccc3)cc2C)S(C)(=O)=O)cc1Cl. The zero-order valence-electron chi connectivity index (χ0n) is 18.5. The number of nitrogens with one attached hydrogen (secondary N) is 1. The minimum absolute atomic E-state index is 0.254. The number of amides is 1. The van der Waals surface area contributed by atoms with Gasteiger partial charge in [-0.25, -0.2) is 8.42 Å². The number of halogens is 1. The standard InChI is InChI=1S/C24H25ClN2O4S2/c1-17-13-18(16-32-20-7-5-4-6-8-20)9-11-22(17)26-24(28)15-27(33(3,29)30)19-10-12-23(31-2)21(25)14-19/h4-14H,15-16H2,1-3H3,(H,26,28). The van der Waals surface area contributed by atoms with Gasteiger partial charge in [0.05, 0.1) is 24.1 Å². The maximum absolute atomic E-state index is 12.7. The summed E-state index contributed by atoms with van der Waals surface area (Å²) in [6, 6.07) is 20.5. The molecule has 0 aliphatic heterocycles. The Morgan fingerprint density at radius 2 is 1.82 bits per heavy atom. The second-order valence-electron chi connectivity index (χ2n) is 7.39. The fraction of sp³-hybridized carbons (Fsp3) is 0.208. The number of ether oxygens (including phenoxy) is 1. The lowest BCUT2D eigenvalue weighted by Gasteiger charge is -2.22. The number of hydrogen-bond donors (Lipinski definition) is 1. The van der Waals surface area contributed by atoms with Gasteiger partial charge in [-0.3, -0.25) is 9.10 Å². The van der Waals surface area contributed by atoms with Crippen molar-refractivity contribution in [1.29, 1.82) is 0 Å². The Morgan fingerprint density at radius 3 is 2.42 bits per heavy atom. The maximum Gasteiger partial charge on any atom is 0.245 e. The van der Waals surface area contributed by atoms with Gasteiger partial charge in [0, 0.05) is 16.3 Å². The molecule has 0 fully saturated rings. The van der Waals surface area contributed by atoms with E-state index in [-0.39, 0.29) is 17.3 Å². The zero-order chi connectivity index (χ0) is 24.0. The third-order valence-corrected chi connectivity index (χ3v) is 7.34. The molecule has 3 aromatic carbocycles. The molecule has 6 nitrogen and oxygen atoms in total. The van der Waals surface area contributed by atoms with Crippen LogP contribution in [0.5, 0.6) is 5.75 Å². The molecule has 3 rings (SSSR count). The first-order valence-corrected chi connectivity index (χ1v) is 13.3. The van der Waals surface area contributed by atoms with Crippen molar-refractivity contribution in [1.82, 2.24) is 0 Å². The Labute approximate surface area is 204 Å². The Kier molecular flexibility index (Phi) is 8.29. The van der Waals surface area contributed by atoms with Gasteiger partial charge < -0.3 is 10.1 Å². The van der Waals surface area contributed by atoms with Crippen LogP contribution in [0.25, 0.3) is 0 Å². The molecule has 0 aromatic heterocycles. The third-order valence-electron chi connectivity index (χ3n) is 4.82. The molecule has 9 heteroatoms. The topological polar surface area (TPSA) is 75.7 Å². The maximum atomic E-state index is 12.7. The van der Waals surface area contributed by atoms with Crippen molar-refractivity contribution in [3.63, 3.8) is 0 Å². The number of anilines is 2. The number of hydrogen-bond acceptors (Lipinski definition) is 5. The summed E-state index contributed by atoms with van der Waals surface area (Å²) in [5.74, 6) is 0.764. The highest BCUT2D eigenvalue weighted by molar-refractivity contribution is 7.98. The summed E-state index contributed by atoms with van der Waals surface area (Å²) in [5.41, 5.74) is 2.94. The first-order valence-electron chi connectivity index (χ1n) is 10.1. The zero-order valence-corrected chi connectivity index (χ0v) is 20.9. The second-order valence-corrected chi connectivity index (χ2v) is 10.8. The summed E-state index contributed by atoms with van der Waals surface area (Å²) in [4.78, 5) is 13.9. The molecule has 1 amide bonds. The van der Waals surface area contributed by atoms with Gasteiger partial charge in [-0.2, -0.15) is 0 Å². The van der Waals surface area contributed by atoms with Crippen LogP contribution >= 0.6 is 23.4 Å². The normalized spacial score (nSPS) is 11.2. The van der Waals surface area contributed by atoms with Gasteiger partial charge in [0.1, 0.15) is 12.3 Å². The highest BCUT2D eigenvalue weighted by Gasteiger charge is 2.22. The number of carbonyl (C=O) groups excluding carboxylic acids is 1. The van der Waals surface area contributed by atoms with E-state index in [1.165, 1.54) is 18.1 Å². The molecule has 0 heterocycles. The van der Waals surface area contributed by atoms with Crippen LogP contribution in [0.4, 0.5) is 11.4 Å². The first kappa shape index (κ1) is 25.0. The lowest BCUT2D eigenvalue weighted by molar-refractivity contribution is -0.114. The number of rotatable bonds is 9. The number of aryl methyl sites for hydroxylation is 1. The molecule has 0 bridgehead atoms. The number of nitrogens with zero attached hydrogens (tertiary/aromatic N) is 1. The molecular weight excluding hydrogens is 480 g/mol. The lowest BCUT2D eigenvalue weighted by atomic mass is 10.1. The molecule has 3 aromatic rings. The Bertz CT molecular complexity index is 1230. The van der Waals surface area contributed by atoms with E-state index in [0.29, 0.717) is 11.4 Å². The van der Waals surface area contributed by atoms with Crippen LogP contribution in [-0.2, 0) is 20.6 Å². The van der Waals surface area contributed by atoms with Crippen LogP contribution in [-0.4, -0.2) is 34.2 Å². The van der Waals surface area contributed by atoms with Gasteiger partial charge in [-0.1, -0.05) is 41.9 Å². The van der Waals surface area contributed by atoms with E-state index in [2.05, 4.69) is 17.4 Å². The molecule has 0 atom stereocenters. The average Bonchev–Trinajstić information content (AvgIpc) is 2.77. The first-order chi connectivity index (χ1) is 15.7. The van der Waals surface area contributed by atoms with E-state index in [1.807, 2.05) is 43.3 Å². The van der Waals surface area contributed by atoms with E-state index < -0.39 is 15.9 Å². The number of benzene rings is 3. The Hall–Kier alpha value is -2.68. The molecule has 0 saturated carbocycles. The van der Waals surface area contributed by atoms with Crippen LogP contribution in [0.2, 0.25) is 5.02 Å². The van der Waals surface area contributed by atoms with E-state index in [9.17, 15) is 13.2 Å². The summed E-state index contributed by atoms with van der Waals surface area (Å²) in [6.45, 7) is 1.52. The Balaban J connectivity index is 1.69. The summed E-state index contributed by atoms with van der Waals surface area (Å²) >= 11 is 7.88. The predicted molar refractivity (Wildman–Crippen MR) is 136 cm³/mol. The number of carbonyl (C=O) groups is 1. The average molecular weight is 505 g/mol. The van der Waals surface area contributed by atoms with Crippen molar-refractivity contribution in [3.8, 4) is 5.75 Å². The van der Waals surface area contributed by atoms with E-state index >= 15 is 0 Å². The summed E-state index contributed by atoms with van der Waals surface area (Å²) in [6.07, 6.45) is 1.04. The van der Waals surface area contributed by atoms with Crippen molar-refractivity contribution in [2.24, 2.45) is 0 Å². The Morgan fingerprint density at radius 1 is 1.09 bits per heavy atom. The van der Waals surface area contributed by atoms with Crippen molar-refractivity contribution in [2.45, 2.75) is 17.6 Å². The molecule has 0 spiro atoms. The second kappa shape index (κ2) is 11.0. The fourth-order valence-corrected chi connectivity index (χ4v) is 5.13. The molecule has 0 aliphatic carbocycles. The largest absolute Gasteiger partial charge is 0.495 e. The number of sulfonamides is 1. The predicted octanol–water partition coefficient (Wildman–Crippen LogP) is 5.35. The van der Waals surface area contributed by atoms with Crippen molar-refractivity contribution >= 4 is 50.7 Å². The third kappa shape index (κ3) is 6.90. The van der Waals surface area contributed by atoms with Crippen LogP contribution in [0.3, 0.4) is 0 Å². The number of thioether (sulfide) groups is 1. The van der Waals surface area contributed by atoms with Crippen LogP contribution in [0.15, 0.2) is 71.6 Å². The summed E-state index contributed by atoms with van der Waals surface area (Å²) in [7, 11) is -2.25. The van der Waals surface area contributed by atoms with Crippen LogP contribution in [0.1, 0.15) is 11.1 Å². The number of methoxy groups -OCH3 is 1. The molecular formula is C24H25ClN2O4S2. The van der Waals surface area contributed by atoms with Crippen molar-refractivity contribution in [2.75, 3.05) is 29.5 Å². The monoisotopic (exact) mass is 504 g/mol. The van der Waals surface area contributed by atoms with Crippen LogP contribution in [0, 0.1) is 6.92 Å². The quantitative estimate of drug-likeness (QED) is 0.397. The highest BCUT2D eigenvalue weighted by atomic mass is 35.5. The van der Waals surface area contributed by atoms with Gasteiger partial charge in [0.2, 0.25) is 15.9 Å². The van der Waals surface area contributed by atoms with E-state index in [0.717, 1.165) is 27.4 Å². The molecule has 0 aliphatic rings. The molecule has 0 unspecified atom stereocenters. The van der Waals surface area contributed by atoms with E-state index in [4.69, 9.17) is 16.3 Å². The summed E-state index contributed by atoms with van der Waals surface area (Å²) < 4.78 is 30.8. The van der Waals surface area contributed by atoms with Crippen molar-refractivity contribution in [3.05, 3.63) is 82.9 Å². The molecule has 0 saturated heterocycles. The fourth-order valence-electron chi connectivity index (χ4n) is 3.17. The molecule has 1 N–H and O–H groups in total. The highest BCUT2D eigenvalue weighted by Crippen LogP contribution is 2.30. The van der Waals surface area contributed by atoms with Gasteiger partial charge in [0.15, 0.2) is 0 Å². The van der Waals surface area contributed by atoms with Gasteiger partial charge in [-0.15, -0.1) is 11.8 Å². The summed E-state index contributed by atoms with van der Waals surface area (Å²) in [5, 5.41) is 3.06. The minimum atomic E-state index is -3.72. The molecule has 174 valence electrons. The van der Waals surface area contributed by atoms with Gasteiger partial charge in [0.25, 0.3) is 0 Å².